The number of hydrogen-bond donors (Lipinski definition) is 0. The molecule has 0 unspecified atom stereocenters. The molecular weight excluding hydrogens is 262 g/mol. The van der Waals surface area contributed by atoms with Crippen molar-refractivity contribution in [3.63, 3.8) is 0 Å². The Balaban J connectivity index is 1.70. The van der Waals surface area contributed by atoms with Crippen molar-refractivity contribution in [2.45, 2.75) is 32.5 Å². The Kier molecular flexibility index (Phi) is 3.63. The van der Waals surface area contributed by atoms with E-state index in [0.717, 1.165) is 18.7 Å². The molecule has 2 atom stereocenters. The topological polar surface area (TPSA) is 51.4 Å². The zero-order valence-electron chi connectivity index (χ0n) is 11.1. The molecule has 1 saturated heterocycles. The van der Waals surface area contributed by atoms with Gasteiger partial charge in [0.15, 0.2) is 0 Å². The normalized spacial score (nSPS) is 24.7. The van der Waals surface area contributed by atoms with Crippen LogP contribution < -0.4 is 0 Å². The Hall–Kier alpha value is -1.24. The van der Waals surface area contributed by atoms with Crippen molar-refractivity contribution < 1.29 is 9.26 Å². The summed E-state index contributed by atoms with van der Waals surface area (Å²) in [5, 5.41) is 8.06. The van der Waals surface area contributed by atoms with Crippen LogP contribution in [0, 0.1) is 0 Å². The molecule has 1 aliphatic rings. The zero-order valence-corrected chi connectivity index (χ0v) is 11.9. The predicted octanol–water partition coefficient (Wildman–Crippen LogP) is 2.41. The van der Waals surface area contributed by atoms with Crippen LogP contribution in [0.3, 0.4) is 0 Å². The zero-order chi connectivity index (χ0) is 13.2. The van der Waals surface area contributed by atoms with Gasteiger partial charge in [-0.15, -0.1) is 0 Å². The largest absolute Gasteiger partial charge is 0.376 e. The van der Waals surface area contributed by atoms with Crippen molar-refractivity contribution in [2.75, 3.05) is 13.2 Å². The molecule has 0 aromatic carbocycles. The standard InChI is InChI=1S/C13H17N3O2S/c1-9-7-17-10(2)5-16(9)6-12-14-13(15-18-12)11-3-4-19-8-11/h3-4,8-10H,5-7H2,1-2H3/t9-,10+/m1/s1. The molecule has 102 valence electrons. The molecule has 0 bridgehead atoms. The van der Waals surface area contributed by atoms with Crippen molar-refractivity contribution in [1.29, 1.82) is 0 Å². The summed E-state index contributed by atoms with van der Waals surface area (Å²) in [7, 11) is 0. The van der Waals surface area contributed by atoms with E-state index in [2.05, 4.69) is 28.9 Å². The number of thiophene rings is 1. The molecule has 0 amide bonds. The first-order valence-corrected chi connectivity index (χ1v) is 7.37. The van der Waals surface area contributed by atoms with Crippen LogP contribution in [0.4, 0.5) is 0 Å². The molecule has 1 fully saturated rings. The fourth-order valence-corrected chi connectivity index (χ4v) is 2.83. The van der Waals surface area contributed by atoms with Gasteiger partial charge in [0.05, 0.1) is 19.3 Å². The average molecular weight is 279 g/mol. The molecular formula is C13H17N3O2S. The fraction of sp³-hybridized carbons (Fsp3) is 0.538. The lowest BCUT2D eigenvalue weighted by molar-refractivity contribution is -0.0555. The quantitative estimate of drug-likeness (QED) is 0.863. The van der Waals surface area contributed by atoms with E-state index >= 15 is 0 Å². The molecule has 2 aromatic rings. The van der Waals surface area contributed by atoms with E-state index in [9.17, 15) is 0 Å². The van der Waals surface area contributed by atoms with Crippen LogP contribution in [0.5, 0.6) is 0 Å². The minimum absolute atomic E-state index is 0.260. The number of hydrogen-bond acceptors (Lipinski definition) is 6. The van der Waals surface area contributed by atoms with Crippen LogP contribution in [-0.4, -0.2) is 40.3 Å². The lowest BCUT2D eigenvalue weighted by Crippen LogP contribution is -2.46. The van der Waals surface area contributed by atoms with E-state index in [1.165, 1.54) is 0 Å². The summed E-state index contributed by atoms with van der Waals surface area (Å²) in [5.74, 6) is 1.34. The van der Waals surface area contributed by atoms with E-state index in [1.807, 2.05) is 16.8 Å². The van der Waals surface area contributed by atoms with E-state index < -0.39 is 0 Å². The third-order valence-electron chi connectivity index (χ3n) is 3.32. The Bertz CT molecular complexity index is 526. The summed E-state index contributed by atoms with van der Waals surface area (Å²) in [6, 6.07) is 2.38. The molecule has 0 radical (unpaired) electrons. The van der Waals surface area contributed by atoms with Crippen molar-refractivity contribution >= 4 is 11.3 Å². The summed E-state index contributed by atoms with van der Waals surface area (Å²) in [4.78, 5) is 6.77. The molecule has 0 spiro atoms. The van der Waals surface area contributed by atoms with Gasteiger partial charge >= 0.3 is 0 Å². The van der Waals surface area contributed by atoms with Gasteiger partial charge in [0.2, 0.25) is 11.7 Å². The second kappa shape index (κ2) is 5.40. The lowest BCUT2D eigenvalue weighted by Gasteiger charge is -2.35. The number of morpholine rings is 1. The molecule has 5 nitrogen and oxygen atoms in total. The van der Waals surface area contributed by atoms with Gasteiger partial charge in [0, 0.05) is 23.5 Å². The minimum atomic E-state index is 0.260. The molecule has 0 saturated carbocycles. The molecule has 1 aliphatic heterocycles. The van der Waals surface area contributed by atoms with E-state index in [4.69, 9.17) is 9.26 Å². The Morgan fingerprint density at radius 3 is 3.16 bits per heavy atom. The van der Waals surface area contributed by atoms with Gasteiger partial charge < -0.3 is 9.26 Å². The van der Waals surface area contributed by atoms with Gasteiger partial charge in [-0.1, -0.05) is 5.16 Å². The third-order valence-corrected chi connectivity index (χ3v) is 4.01. The van der Waals surface area contributed by atoms with E-state index in [-0.39, 0.29) is 6.10 Å². The SMILES string of the molecule is C[C@@H]1CO[C@@H](C)CN1Cc1nc(-c2ccsc2)no1. The van der Waals surface area contributed by atoms with E-state index in [0.29, 0.717) is 24.3 Å². The van der Waals surface area contributed by atoms with E-state index in [1.54, 1.807) is 11.3 Å². The van der Waals surface area contributed by atoms with Crippen LogP contribution in [0.1, 0.15) is 19.7 Å². The molecule has 0 N–H and O–H groups in total. The number of aromatic nitrogens is 2. The van der Waals surface area contributed by atoms with Crippen LogP contribution in [0.2, 0.25) is 0 Å². The summed E-state index contributed by atoms with van der Waals surface area (Å²) in [6.07, 6.45) is 0.260. The van der Waals surface area contributed by atoms with Crippen LogP contribution in [-0.2, 0) is 11.3 Å². The Morgan fingerprint density at radius 1 is 1.47 bits per heavy atom. The lowest BCUT2D eigenvalue weighted by atomic mass is 10.2. The van der Waals surface area contributed by atoms with Gasteiger partial charge in [-0.3, -0.25) is 4.90 Å². The van der Waals surface area contributed by atoms with Crippen LogP contribution in [0.25, 0.3) is 11.4 Å². The minimum Gasteiger partial charge on any atom is -0.376 e. The summed E-state index contributed by atoms with van der Waals surface area (Å²) < 4.78 is 11.0. The van der Waals surface area contributed by atoms with Crippen LogP contribution >= 0.6 is 11.3 Å². The molecule has 3 rings (SSSR count). The Labute approximate surface area is 116 Å². The highest BCUT2D eigenvalue weighted by atomic mass is 32.1. The second-order valence-corrected chi connectivity index (χ2v) is 5.73. The summed E-state index contributed by atoms with van der Waals surface area (Å²) in [5.41, 5.74) is 1.02. The maximum Gasteiger partial charge on any atom is 0.241 e. The highest BCUT2D eigenvalue weighted by Crippen LogP contribution is 2.20. The van der Waals surface area contributed by atoms with Gasteiger partial charge in [-0.2, -0.15) is 16.3 Å². The predicted molar refractivity (Wildman–Crippen MR) is 72.9 cm³/mol. The number of nitrogens with zero attached hydrogens (tertiary/aromatic N) is 3. The fourth-order valence-electron chi connectivity index (χ4n) is 2.19. The second-order valence-electron chi connectivity index (χ2n) is 4.95. The number of rotatable bonds is 3. The van der Waals surface area contributed by atoms with Gasteiger partial charge in [0.25, 0.3) is 0 Å². The first kappa shape index (κ1) is 12.8. The van der Waals surface area contributed by atoms with Crippen molar-refractivity contribution in [3.05, 3.63) is 22.7 Å². The van der Waals surface area contributed by atoms with Crippen molar-refractivity contribution in [1.82, 2.24) is 15.0 Å². The van der Waals surface area contributed by atoms with Crippen molar-refractivity contribution in [2.24, 2.45) is 0 Å². The molecule has 3 heterocycles. The maximum atomic E-state index is 5.62. The highest BCUT2D eigenvalue weighted by Gasteiger charge is 2.25. The molecule has 2 aromatic heterocycles. The summed E-state index contributed by atoms with van der Waals surface area (Å²) in [6.45, 7) is 6.58. The Morgan fingerprint density at radius 2 is 2.37 bits per heavy atom. The van der Waals surface area contributed by atoms with Crippen LogP contribution in [0.15, 0.2) is 21.3 Å². The smallest absolute Gasteiger partial charge is 0.241 e. The summed E-state index contributed by atoms with van der Waals surface area (Å²) >= 11 is 1.63. The average Bonchev–Trinajstić information content (AvgIpc) is 3.04. The third kappa shape index (κ3) is 2.86. The van der Waals surface area contributed by atoms with Gasteiger partial charge in [0.1, 0.15) is 0 Å². The van der Waals surface area contributed by atoms with Gasteiger partial charge in [-0.25, -0.2) is 0 Å². The number of ether oxygens (including phenoxy) is 1. The van der Waals surface area contributed by atoms with Crippen molar-refractivity contribution in [3.8, 4) is 11.4 Å². The first-order chi connectivity index (χ1) is 9.22. The maximum absolute atomic E-state index is 5.62. The monoisotopic (exact) mass is 279 g/mol. The molecule has 19 heavy (non-hydrogen) atoms. The molecule has 6 heteroatoms. The first-order valence-electron chi connectivity index (χ1n) is 6.43. The highest BCUT2D eigenvalue weighted by molar-refractivity contribution is 7.08. The van der Waals surface area contributed by atoms with Gasteiger partial charge in [-0.05, 0) is 25.3 Å². The molecule has 0 aliphatic carbocycles.